The van der Waals surface area contributed by atoms with Crippen molar-refractivity contribution in [2.75, 3.05) is 0 Å². The number of aliphatic hydroxyl groups is 1. The van der Waals surface area contributed by atoms with Gasteiger partial charge in [0.05, 0.1) is 12.1 Å². The van der Waals surface area contributed by atoms with E-state index < -0.39 is 24.3 Å². The smallest absolute Gasteiger partial charge is 0.508 e. The Kier molecular flexibility index (Phi) is 6.41. The molecule has 4 N–H and O–H groups in total. The molecular formula is C11H15ClF3NO3. The van der Waals surface area contributed by atoms with Crippen molar-refractivity contribution >= 4 is 12.4 Å². The fourth-order valence-electron chi connectivity index (χ4n) is 1.46. The number of aromatic hydroxyl groups is 1. The quantitative estimate of drug-likeness (QED) is 0.798. The minimum atomic E-state index is -4.82. The predicted molar refractivity (Wildman–Crippen MR) is 65.3 cm³/mol. The Balaban J connectivity index is 0.00000324. The van der Waals surface area contributed by atoms with Gasteiger partial charge in [-0.25, -0.2) is 0 Å². The molecule has 0 aromatic heterocycles. The number of hydrogen-bond acceptors (Lipinski definition) is 4. The number of phenols is 1. The van der Waals surface area contributed by atoms with Crippen molar-refractivity contribution < 1.29 is 28.1 Å². The van der Waals surface area contributed by atoms with E-state index in [0.29, 0.717) is 6.42 Å². The van der Waals surface area contributed by atoms with Gasteiger partial charge < -0.3 is 20.7 Å². The fraction of sp³-hybridized carbons (Fsp3) is 0.455. The number of aliphatic hydroxyl groups excluding tert-OH is 1. The summed E-state index contributed by atoms with van der Waals surface area (Å²) in [5, 5.41) is 19.0. The van der Waals surface area contributed by atoms with Crippen molar-refractivity contribution in [3.63, 3.8) is 0 Å². The third-order valence-electron chi connectivity index (χ3n) is 2.42. The lowest BCUT2D eigenvalue weighted by atomic mass is 9.99. The van der Waals surface area contributed by atoms with Crippen molar-refractivity contribution in [3.8, 4) is 11.5 Å². The molecular weight excluding hydrogens is 287 g/mol. The third-order valence-corrected chi connectivity index (χ3v) is 2.42. The van der Waals surface area contributed by atoms with Crippen LogP contribution in [0.25, 0.3) is 0 Å². The Labute approximate surface area is 114 Å². The van der Waals surface area contributed by atoms with Crippen LogP contribution in [0, 0.1) is 0 Å². The molecule has 2 atom stereocenters. The topological polar surface area (TPSA) is 75.7 Å². The molecule has 0 fully saturated rings. The minimum Gasteiger partial charge on any atom is -0.508 e. The van der Waals surface area contributed by atoms with E-state index in [0.717, 1.165) is 18.2 Å². The average molecular weight is 302 g/mol. The zero-order valence-corrected chi connectivity index (χ0v) is 10.8. The molecule has 19 heavy (non-hydrogen) atoms. The van der Waals surface area contributed by atoms with Gasteiger partial charge in [0, 0.05) is 5.56 Å². The summed E-state index contributed by atoms with van der Waals surface area (Å²) in [5.41, 5.74) is 5.64. The highest BCUT2D eigenvalue weighted by atomic mass is 35.5. The third kappa shape index (κ3) is 5.14. The first-order chi connectivity index (χ1) is 8.24. The van der Waals surface area contributed by atoms with Crippen LogP contribution in [0.15, 0.2) is 18.2 Å². The van der Waals surface area contributed by atoms with Crippen LogP contribution in [0.2, 0.25) is 0 Å². The summed E-state index contributed by atoms with van der Waals surface area (Å²) in [6.07, 6.45) is -5.47. The van der Waals surface area contributed by atoms with Crippen LogP contribution >= 0.6 is 12.4 Å². The Morgan fingerprint density at radius 2 is 1.95 bits per heavy atom. The largest absolute Gasteiger partial charge is 0.573 e. The summed E-state index contributed by atoms with van der Waals surface area (Å²) in [6.45, 7) is 1.66. The monoisotopic (exact) mass is 301 g/mol. The van der Waals surface area contributed by atoms with Crippen LogP contribution in [-0.4, -0.2) is 22.7 Å². The van der Waals surface area contributed by atoms with Gasteiger partial charge >= 0.3 is 6.36 Å². The van der Waals surface area contributed by atoms with E-state index in [1.807, 2.05) is 0 Å². The molecule has 4 nitrogen and oxygen atoms in total. The highest BCUT2D eigenvalue weighted by Gasteiger charge is 2.31. The summed E-state index contributed by atoms with van der Waals surface area (Å²) < 4.78 is 39.8. The van der Waals surface area contributed by atoms with Gasteiger partial charge in [-0.2, -0.15) is 0 Å². The number of rotatable bonds is 4. The molecule has 0 aliphatic heterocycles. The van der Waals surface area contributed by atoms with Crippen LogP contribution in [0.4, 0.5) is 13.2 Å². The standard InChI is InChI=1S/C11H14F3NO3.ClH/c1-2-8(16)10(15)7-5-6(3-4-9(7)17)18-11(12,13)14;/h3-5,8,10,16-17H,2,15H2,1H3;1H/t8-,10+;/m0./s1. The minimum absolute atomic E-state index is 0. The first kappa shape index (κ1) is 17.8. The highest BCUT2D eigenvalue weighted by Crippen LogP contribution is 2.32. The highest BCUT2D eigenvalue weighted by molar-refractivity contribution is 5.85. The van der Waals surface area contributed by atoms with Crippen LogP contribution in [0.3, 0.4) is 0 Å². The van der Waals surface area contributed by atoms with Crippen LogP contribution in [-0.2, 0) is 0 Å². The van der Waals surface area contributed by atoms with Gasteiger partial charge in [-0.1, -0.05) is 6.92 Å². The van der Waals surface area contributed by atoms with Gasteiger partial charge in [0.15, 0.2) is 0 Å². The Morgan fingerprint density at radius 1 is 1.37 bits per heavy atom. The van der Waals surface area contributed by atoms with E-state index >= 15 is 0 Å². The lowest BCUT2D eigenvalue weighted by Crippen LogP contribution is -2.25. The Bertz CT molecular complexity index is 415. The molecule has 0 radical (unpaired) electrons. The zero-order chi connectivity index (χ0) is 13.9. The molecule has 8 heteroatoms. The van der Waals surface area contributed by atoms with Crippen molar-refractivity contribution in [3.05, 3.63) is 23.8 Å². The van der Waals surface area contributed by atoms with Crippen molar-refractivity contribution in [1.82, 2.24) is 0 Å². The normalized spacial score (nSPS) is 14.4. The predicted octanol–water partition coefficient (Wildman–Crippen LogP) is 2.48. The second kappa shape index (κ2) is 6.83. The molecule has 1 rings (SSSR count). The van der Waals surface area contributed by atoms with Crippen molar-refractivity contribution in [2.24, 2.45) is 5.73 Å². The maximum absolute atomic E-state index is 12.0. The van der Waals surface area contributed by atoms with E-state index in [1.165, 1.54) is 0 Å². The van der Waals surface area contributed by atoms with E-state index in [9.17, 15) is 23.4 Å². The lowest BCUT2D eigenvalue weighted by molar-refractivity contribution is -0.274. The molecule has 0 unspecified atom stereocenters. The second-order valence-electron chi connectivity index (χ2n) is 3.77. The second-order valence-corrected chi connectivity index (χ2v) is 3.77. The van der Waals surface area contributed by atoms with E-state index in [-0.39, 0.29) is 23.7 Å². The first-order valence-corrected chi connectivity index (χ1v) is 5.27. The Hall–Kier alpha value is -1.18. The molecule has 0 saturated heterocycles. The van der Waals surface area contributed by atoms with Crippen LogP contribution < -0.4 is 10.5 Å². The van der Waals surface area contributed by atoms with E-state index in [1.54, 1.807) is 6.92 Å². The summed E-state index contributed by atoms with van der Waals surface area (Å²) in [4.78, 5) is 0. The molecule has 0 spiro atoms. The number of nitrogens with two attached hydrogens (primary N) is 1. The summed E-state index contributed by atoms with van der Waals surface area (Å²) >= 11 is 0. The SMILES string of the molecule is CC[C@H](O)[C@H](N)c1cc(OC(F)(F)F)ccc1O.Cl. The van der Waals surface area contributed by atoms with Gasteiger partial charge in [0.25, 0.3) is 0 Å². The van der Waals surface area contributed by atoms with Gasteiger partial charge in [-0.3, -0.25) is 0 Å². The molecule has 0 bridgehead atoms. The summed E-state index contributed by atoms with van der Waals surface area (Å²) in [5.74, 6) is -0.779. The van der Waals surface area contributed by atoms with Crippen LogP contribution in [0.5, 0.6) is 11.5 Å². The van der Waals surface area contributed by atoms with Crippen molar-refractivity contribution in [2.45, 2.75) is 31.9 Å². The van der Waals surface area contributed by atoms with Crippen molar-refractivity contribution in [1.29, 1.82) is 0 Å². The molecule has 0 aliphatic rings. The van der Waals surface area contributed by atoms with E-state index in [2.05, 4.69) is 4.74 Å². The molecule has 110 valence electrons. The molecule has 0 saturated carbocycles. The first-order valence-electron chi connectivity index (χ1n) is 5.27. The average Bonchev–Trinajstić information content (AvgIpc) is 2.28. The van der Waals surface area contributed by atoms with Gasteiger partial charge in [0.2, 0.25) is 0 Å². The number of benzene rings is 1. The summed E-state index contributed by atoms with van der Waals surface area (Å²) in [7, 11) is 0. The van der Waals surface area contributed by atoms with Gasteiger partial charge in [-0.05, 0) is 24.6 Å². The zero-order valence-electron chi connectivity index (χ0n) is 10.0. The number of alkyl halides is 3. The van der Waals surface area contributed by atoms with Gasteiger partial charge in [-0.15, -0.1) is 25.6 Å². The Morgan fingerprint density at radius 3 is 2.42 bits per heavy atom. The lowest BCUT2D eigenvalue weighted by Gasteiger charge is -2.19. The fourth-order valence-corrected chi connectivity index (χ4v) is 1.46. The number of halogens is 4. The molecule has 0 heterocycles. The molecule has 0 amide bonds. The van der Waals surface area contributed by atoms with E-state index in [4.69, 9.17) is 5.73 Å². The van der Waals surface area contributed by atoms with Gasteiger partial charge in [0.1, 0.15) is 11.5 Å². The van der Waals surface area contributed by atoms with Crippen LogP contribution in [0.1, 0.15) is 24.9 Å². The summed E-state index contributed by atoms with van der Waals surface area (Å²) in [6, 6.07) is 1.99. The maximum Gasteiger partial charge on any atom is 0.573 e. The molecule has 1 aromatic rings. The molecule has 0 aliphatic carbocycles. The number of ether oxygens (including phenoxy) is 1. The maximum atomic E-state index is 12.0. The molecule has 1 aromatic carbocycles. The number of phenolic OH excluding ortho intramolecular Hbond substituents is 1. The number of hydrogen-bond donors (Lipinski definition) is 3.